The van der Waals surface area contributed by atoms with Crippen molar-refractivity contribution in [2.45, 2.75) is 71.4 Å². The Hall–Kier alpha value is 0. The molecule has 0 aromatic heterocycles. The predicted octanol–water partition coefficient (Wildman–Crippen LogP) is 3.29. The molecular formula is C13H28IN3. The Morgan fingerprint density at radius 3 is 2.53 bits per heavy atom. The van der Waals surface area contributed by atoms with Crippen LogP contribution in [0, 0.1) is 0 Å². The summed E-state index contributed by atoms with van der Waals surface area (Å²) in [4.78, 5) is 4.47. The third-order valence-corrected chi connectivity index (χ3v) is 2.86. The Bertz CT molecular complexity index is 215. The van der Waals surface area contributed by atoms with Crippen LogP contribution in [0.5, 0.6) is 0 Å². The lowest BCUT2D eigenvalue weighted by molar-refractivity contribution is 0.546. The predicted molar refractivity (Wildman–Crippen MR) is 86.3 cm³/mol. The van der Waals surface area contributed by atoms with Gasteiger partial charge in [-0.15, -0.1) is 24.0 Å². The van der Waals surface area contributed by atoms with Crippen LogP contribution in [0.2, 0.25) is 0 Å². The zero-order valence-corrected chi connectivity index (χ0v) is 13.8. The third-order valence-electron chi connectivity index (χ3n) is 2.86. The molecule has 17 heavy (non-hydrogen) atoms. The summed E-state index contributed by atoms with van der Waals surface area (Å²) in [5.74, 6) is 1.01. The summed E-state index contributed by atoms with van der Waals surface area (Å²) in [6.07, 6.45) is 7.78. The van der Waals surface area contributed by atoms with Crippen molar-refractivity contribution in [1.82, 2.24) is 10.6 Å². The lowest BCUT2D eigenvalue weighted by atomic mass is 10.1. The van der Waals surface area contributed by atoms with Gasteiger partial charge in [0.15, 0.2) is 5.96 Å². The van der Waals surface area contributed by atoms with Crippen LogP contribution in [0.3, 0.4) is 0 Å². The quantitative estimate of drug-likeness (QED) is 0.319. The highest BCUT2D eigenvalue weighted by atomic mass is 127. The molecule has 102 valence electrons. The van der Waals surface area contributed by atoms with Crippen LogP contribution in [0.1, 0.15) is 59.3 Å². The topological polar surface area (TPSA) is 36.4 Å². The average Bonchev–Trinajstić information content (AvgIpc) is 3.02. The van der Waals surface area contributed by atoms with Crippen LogP contribution in [-0.4, -0.2) is 24.6 Å². The summed E-state index contributed by atoms with van der Waals surface area (Å²) in [6.45, 7) is 7.42. The standard InChI is InChI=1S/C13H27N3.HI/c1-4-6-7-8-11(3)15-13(14-5-2)16-12-9-10-12;/h11-12H,4-10H2,1-3H3,(H2,14,15,16);1H. The van der Waals surface area contributed by atoms with Crippen LogP contribution in [0.4, 0.5) is 0 Å². The van der Waals surface area contributed by atoms with Gasteiger partial charge in [0.2, 0.25) is 0 Å². The Labute approximate surface area is 123 Å². The molecule has 0 saturated heterocycles. The summed E-state index contributed by atoms with van der Waals surface area (Å²) in [5, 5.41) is 6.94. The highest BCUT2D eigenvalue weighted by Gasteiger charge is 2.22. The average molecular weight is 353 g/mol. The SMILES string of the molecule is CCCCCC(C)NC(=NCC)NC1CC1.I. The molecule has 0 amide bonds. The summed E-state index contributed by atoms with van der Waals surface area (Å²) >= 11 is 0. The van der Waals surface area contributed by atoms with E-state index in [1.807, 2.05) is 0 Å². The van der Waals surface area contributed by atoms with Gasteiger partial charge in [0.05, 0.1) is 0 Å². The summed E-state index contributed by atoms with van der Waals surface area (Å²) in [7, 11) is 0. The van der Waals surface area contributed by atoms with E-state index in [2.05, 4.69) is 36.4 Å². The van der Waals surface area contributed by atoms with Gasteiger partial charge in [-0.2, -0.15) is 0 Å². The van der Waals surface area contributed by atoms with E-state index in [1.54, 1.807) is 0 Å². The first-order valence-corrected chi connectivity index (χ1v) is 6.83. The zero-order chi connectivity index (χ0) is 11.8. The van der Waals surface area contributed by atoms with E-state index in [-0.39, 0.29) is 24.0 Å². The van der Waals surface area contributed by atoms with Gasteiger partial charge in [0.1, 0.15) is 0 Å². The number of aliphatic imine (C=N–C) groups is 1. The molecule has 3 nitrogen and oxygen atoms in total. The lowest BCUT2D eigenvalue weighted by Crippen LogP contribution is -2.43. The third kappa shape index (κ3) is 8.69. The summed E-state index contributed by atoms with van der Waals surface area (Å²) in [5.41, 5.74) is 0. The number of rotatable bonds is 7. The van der Waals surface area contributed by atoms with Gasteiger partial charge in [-0.25, -0.2) is 0 Å². The Morgan fingerprint density at radius 2 is 2.00 bits per heavy atom. The highest BCUT2D eigenvalue weighted by molar-refractivity contribution is 14.0. The minimum Gasteiger partial charge on any atom is -0.354 e. The fourth-order valence-electron chi connectivity index (χ4n) is 1.72. The molecule has 1 rings (SSSR count). The Kier molecular flexibility index (Phi) is 9.97. The van der Waals surface area contributed by atoms with E-state index in [1.165, 1.54) is 38.5 Å². The van der Waals surface area contributed by atoms with E-state index < -0.39 is 0 Å². The molecule has 0 radical (unpaired) electrons. The number of halogens is 1. The molecule has 1 saturated carbocycles. The van der Waals surface area contributed by atoms with E-state index >= 15 is 0 Å². The highest BCUT2D eigenvalue weighted by Crippen LogP contribution is 2.18. The summed E-state index contributed by atoms with van der Waals surface area (Å²) in [6, 6.07) is 1.21. The van der Waals surface area contributed by atoms with Crippen molar-refractivity contribution in [3.05, 3.63) is 0 Å². The van der Waals surface area contributed by atoms with E-state index in [0.29, 0.717) is 12.1 Å². The fraction of sp³-hybridized carbons (Fsp3) is 0.923. The van der Waals surface area contributed by atoms with E-state index in [9.17, 15) is 0 Å². The van der Waals surface area contributed by atoms with Crippen molar-refractivity contribution in [3.8, 4) is 0 Å². The van der Waals surface area contributed by atoms with E-state index in [0.717, 1.165) is 12.5 Å². The molecule has 4 heteroatoms. The molecule has 2 N–H and O–H groups in total. The maximum Gasteiger partial charge on any atom is 0.191 e. The molecular weight excluding hydrogens is 325 g/mol. The van der Waals surface area contributed by atoms with Gasteiger partial charge < -0.3 is 10.6 Å². The maximum absolute atomic E-state index is 4.47. The van der Waals surface area contributed by atoms with Gasteiger partial charge in [-0.1, -0.05) is 26.2 Å². The number of unbranched alkanes of at least 4 members (excludes halogenated alkanes) is 2. The number of nitrogens with zero attached hydrogens (tertiary/aromatic N) is 1. The minimum absolute atomic E-state index is 0. The first-order chi connectivity index (χ1) is 7.76. The molecule has 1 aliphatic rings. The number of hydrogen-bond acceptors (Lipinski definition) is 1. The molecule has 0 spiro atoms. The van der Waals surface area contributed by atoms with Crippen LogP contribution >= 0.6 is 24.0 Å². The van der Waals surface area contributed by atoms with Crippen molar-refractivity contribution in [3.63, 3.8) is 0 Å². The molecule has 1 fully saturated rings. The van der Waals surface area contributed by atoms with Crippen molar-refractivity contribution in [2.24, 2.45) is 4.99 Å². The second-order valence-corrected chi connectivity index (χ2v) is 4.78. The van der Waals surface area contributed by atoms with Gasteiger partial charge in [-0.05, 0) is 33.1 Å². The van der Waals surface area contributed by atoms with Gasteiger partial charge in [0.25, 0.3) is 0 Å². The van der Waals surface area contributed by atoms with Crippen LogP contribution in [0.25, 0.3) is 0 Å². The number of nitrogens with one attached hydrogen (secondary N) is 2. The summed E-state index contributed by atoms with van der Waals surface area (Å²) < 4.78 is 0. The second-order valence-electron chi connectivity index (χ2n) is 4.78. The monoisotopic (exact) mass is 353 g/mol. The van der Waals surface area contributed by atoms with Crippen molar-refractivity contribution in [2.75, 3.05) is 6.54 Å². The smallest absolute Gasteiger partial charge is 0.191 e. The molecule has 0 heterocycles. The first kappa shape index (κ1) is 17.0. The fourth-order valence-corrected chi connectivity index (χ4v) is 1.72. The molecule has 0 bridgehead atoms. The maximum atomic E-state index is 4.47. The molecule has 1 atom stereocenters. The van der Waals surface area contributed by atoms with Crippen LogP contribution in [0.15, 0.2) is 4.99 Å². The van der Waals surface area contributed by atoms with Crippen LogP contribution in [-0.2, 0) is 0 Å². The minimum atomic E-state index is 0. The van der Waals surface area contributed by atoms with Gasteiger partial charge >= 0.3 is 0 Å². The van der Waals surface area contributed by atoms with Gasteiger partial charge in [-0.3, -0.25) is 4.99 Å². The molecule has 0 aromatic rings. The van der Waals surface area contributed by atoms with Crippen LogP contribution < -0.4 is 10.6 Å². The molecule has 0 aliphatic heterocycles. The van der Waals surface area contributed by atoms with Gasteiger partial charge in [0, 0.05) is 18.6 Å². The number of hydrogen-bond donors (Lipinski definition) is 2. The Balaban J connectivity index is 0.00000256. The molecule has 1 unspecified atom stereocenters. The molecule has 0 aromatic carbocycles. The largest absolute Gasteiger partial charge is 0.354 e. The lowest BCUT2D eigenvalue weighted by Gasteiger charge is -2.17. The normalized spacial score (nSPS) is 17.2. The number of guanidine groups is 1. The zero-order valence-electron chi connectivity index (χ0n) is 11.5. The van der Waals surface area contributed by atoms with E-state index in [4.69, 9.17) is 0 Å². The second kappa shape index (κ2) is 9.97. The Morgan fingerprint density at radius 1 is 1.29 bits per heavy atom. The van der Waals surface area contributed by atoms with Crippen molar-refractivity contribution in [1.29, 1.82) is 0 Å². The van der Waals surface area contributed by atoms with Crippen molar-refractivity contribution < 1.29 is 0 Å². The molecule has 1 aliphatic carbocycles. The first-order valence-electron chi connectivity index (χ1n) is 6.83. The van der Waals surface area contributed by atoms with Crippen molar-refractivity contribution >= 4 is 29.9 Å².